The third-order valence-electron chi connectivity index (χ3n) is 2.95. The predicted octanol–water partition coefficient (Wildman–Crippen LogP) is 1.68. The molecule has 0 N–H and O–H groups in total. The molecule has 0 atom stereocenters. The van der Waals surface area contributed by atoms with Gasteiger partial charge in [0.25, 0.3) is 5.69 Å². The molecule has 0 aliphatic heterocycles. The Balaban J connectivity index is 1.79. The number of nitro benzene ring substituents is 1. The fraction of sp³-hybridized carbons (Fsp3) is 0.167. The van der Waals surface area contributed by atoms with E-state index >= 15 is 0 Å². The number of non-ortho nitro benzene ring substituents is 1. The van der Waals surface area contributed by atoms with Crippen LogP contribution in [-0.2, 0) is 13.6 Å². The quantitative estimate of drug-likeness (QED) is 0.535. The van der Waals surface area contributed by atoms with E-state index in [2.05, 4.69) is 20.5 Å². The lowest BCUT2D eigenvalue weighted by atomic mass is 10.2. The van der Waals surface area contributed by atoms with Gasteiger partial charge in [-0.2, -0.15) is 9.90 Å². The van der Waals surface area contributed by atoms with Gasteiger partial charge in [-0.15, -0.1) is 10.2 Å². The van der Waals surface area contributed by atoms with Gasteiger partial charge in [-0.1, -0.05) is 23.7 Å². The molecule has 9 nitrogen and oxygen atoms in total. The molecule has 2 heterocycles. The van der Waals surface area contributed by atoms with Crippen LogP contribution in [0.5, 0.6) is 0 Å². The second-order valence-electron chi connectivity index (χ2n) is 4.57. The third kappa shape index (κ3) is 2.79. The topological polar surface area (TPSA) is 105 Å². The number of benzene rings is 1. The molecule has 0 radical (unpaired) electrons. The number of hydrogen-bond donors (Lipinski definition) is 0. The summed E-state index contributed by atoms with van der Waals surface area (Å²) in [6.45, 7) is 0.350. The zero-order valence-electron chi connectivity index (χ0n) is 11.4. The second kappa shape index (κ2) is 5.53. The van der Waals surface area contributed by atoms with Crippen LogP contribution in [0, 0.1) is 10.1 Å². The summed E-state index contributed by atoms with van der Waals surface area (Å²) in [4.78, 5) is 11.6. The van der Waals surface area contributed by atoms with Crippen LogP contribution in [0.2, 0.25) is 5.15 Å². The van der Waals surface area contributed by atoms with Crippen LogP contribution in [0.1, 0.15) is 5.56 Å². The number of nitrogens with zero attached hydrogens (tertiary/aromatic N) is 7. The van der Waals surface area contributed by atoms with Crippen molar-refractivity contribution in [3.05, 3.63) is 51.3 Å². The molecule has 3 rings (SSSR count). The number of nitro groups is 1. The Labute approximate surface area is 129 Å². The van der Waals surface area contributed by atoms with Crippen molar-refractivity contribution in [2.45, 2.75) is 6.54 Å². The number of aryl methyl sites for hydroxylation is 1. The Bertz CT molecular complexity index is 824. The first-order valence-electron chi connectivity index (χ1n) is 6.23. The largest absolute Gasteiger partial charge is 0.274 e. The molecule has 0 aliphatic carbocycles. The van der Waals surface area contributed by atoms with Gasteiger partial charge in [0.1, 0.15) is 0 Å². The van der Waals surface area contributed by atoms with Gasteiger partial charge >= 0.3 is 0 Å². The molecule has 1 aromatic carbocycles. The lowest BCUT2D eigenvalue weighted by Crippen LogP contribution is -2.04. The SMILES string of the molecule is Cn1cc(-c2nnn(Cc3ccc([N+](=O)[O-])cc3)n2)c(Cl)n1. The van der Waals surface area contributed by atoms with E-state index in [1.807, 2.05) is 0 Å². The van der Waals surface area contributed by atoms with Crippen LogP contribution in [-0.4, -0.2) is 34.9 Å². The van der Waals surface area contributed by atoms with Gasteiger partial charge in [0.2, 0.25) is 5.82 Å². The molecule has 112 valence electrons. The van der Waals surface area contributed by atoms with Crippen molar-refractivity contribution in [2.24, 2.45) is 7.05 Å². The number of tetrazole rings is 1. The maximum atomic E-state index is 10.6. The lowest BCUT2D eigenvalue weighted by molar-refractivity contribution is -0.384. The second-order valence-corrected chi connectivity index (χ2v) is 4.93. The maximum absolute atomic E-state index is 10.6. The maximum Gasteiger partial charge on any atom is 0.269 e. The molecule has 0 aliphatic rings. The first-order valence-corrected chi connectivity index (χ1v) is 6.61. The Morgan fingerprint density at radius 3 is 2.59 bits per heavy atom. The Morgan fingerprint density at radius 2 is 2.00 bits per heavy atom. The average Bonchev–Trinajstić information content (AvgIpc) is 3.06. The van der Waals surface area contributed by atoms with Crippen molar-refractivity contribution >= 4 is 17.3 Å². The van der Waals surface area contributed by atoms with E-state index in [1.54, 1.807) is 30.1 Å². The standard InChI is InChI=1S/C12H10ClN7O2/c1-18-7-10(11(13)15-18)12-14-17-19(16-12)6-8-2-4-9(5-3-8)20(21)22/h2-5,7H,6H2,1H3. The molecular weight excluding hydrogens is 310 g/mol. The Hall–Kier alpha value is -2.81. The molecule has 10 heteroatoms. The molecule has 0 unspecified atom stereocenters. The van der Waals surface area contributed by atoms with Gasteiger partial charge in [0.05, 0.1) is 17.0 Å². The van der Waals surface area contributed by atoms with Gasteiger partial charge in [-0.3, -0.25) is 14.8 Å². The van der Waals surface area contributed by atoms with Crippen LogP contribution in [0.25, 0.3) is 11.4 Å². The van der Waals surface area contributed by atoms with E-state index in [9.17, 15) is 10.1 Å². The molecular formula is C12H10ClN7O2. The number of rotatable bonds is 4. The zero-order chi connectivity index (χ0) is 15.7. The molecule has 3 aromatic rings. The van der Waals surface area contributed by atoms with E-state index in [0.29, 0.717) is 23.1 Å². The number of hydrogen-bond acceptors (Lipinski definition) is 6. The summed E-state index contributed by atoms with van der Waals surface area (Å²) >= 11 is 5.98. The summed E-state index contributed by atoms with van der Waals surface area (Å²) in [6, 6.07) is 6.17. The van der Waals surface area contributed by atoms with E-state index in [-0.39, 0.29) is 5.69 Å². The van der Waals surface area contributed by atoms with Gasteiger partial charge in [0.15, 0.2) is 5.15 Å². The minimum atomic E-state index is -0.444. The minimum Gasteiger partial charge on any atom is -0.274 e. The van der Waals surface area contributed by atoms with Crippen LogP contribution in [0.3, 0.4) is 0 Å². The molecule has 0 spiro atoms. The summed E-state index contributed by atoms with van der Waals surface area (Å²) in [5, 5.41) is 27.0. The normalized spacial score (nSPS) is 10.8. The molecule has 0 amide bonds. The van der Waals surface area contributed by atoms with E-state index in [4.69, 9.17) is 11.6 Å². The summed E-state index contributed by atoms with van der Waals surface area (Å²) in [7, 11) is 1.75. The molecule has 0 bridgehead atoms. The summed E-state index contributed by atoms with van der Waals surface area (Å²) in [5.41, 5.74) is 1.46. The number of halogens is 1. The first kappa shape index (κ1) is 14.1. The van der Waals surface area contributed by atoms with Crippen LogP contribution >= 0.6 is 11.6 Å². The minimum absolute atomic E-state index is 0.0399. The fourth-order valence-electron chi connectivity index (χ4n) is 1.92. The Kier molecular flexibility index (Phi) is 3.55. The summed E-state index contributed by atoms with van der Waals surface area (Å²) in [6.07, 6.45) is 1.70. The van der Waals surface area contributed by atoms with Crippen molar-refractivity contribution in [1.82, 2.24) is 30.0 Å². The predicted molar refractivity (Wildman–Crippen MR) is 77.2 cm³/mol. The van der Waals surface area contributed by atoms with Crippen LogP contribution < -0.4 is 0 Å². The zero-order valence-corrected chi connectivity index (χ0v) is 12.2. The van der Waals surface area contributed by atoms with Crippen molar-refractivity contribution in [2.75, 3.05) is 0 Å². The lowest BCUT2D eigenvalue weighted by Gasteiger charge is -1.98. The summed E-state index contributed by atoms with van der Waals surface area (Å²) in [5.74, 6) is 0.375. The fourth-order valence-corrected chi connectivity index (χ4v) is 2.17. The smallest absolute Gasteiger partial charge is 0.269 e. The van der Waals surface area contributed by atoms with Gasteiger partial charge in [-0.05, 0) is 10.8 Å². The van der Waals surface area contributed by atoms with E-state index < -0.39 is 4.92 Å². The van der Waals surface area contributed by atoms with E-state index in [1.165, 1.54) is 16.9 Å². The molecule has 0 saturated heterocycles. The van der Waals surface area contributed by atoms with Crippen LogP contribution in [0.15, 0.2) is 30.5 Å². The van der Waals surface area contributed by atoms with Crippen LogP contribution in [0.4, 0.5) is 5.69 Å². The highest BCUT2D eigenvalue weighted by atomic mass is 35.5. The van der Waals surface area contributed by atoms with Crippen molar-refractivity contribution in [3.8, 4) is 11.4 Å². The molecule has 0 fully saturated rings. The monoisotopic (exact) mass is 319 g/mol. The Morgan fingerprint density at radius 1 is 1.27 bits per heavy atom. The number of aromatic nitrogens is 6. The molecule has 22 heavy (non-hydrogen) atoms. The average molecular weight is 320 g/mol. The molecule has 2 aromatic heterocycles. The van der Waals surface area contributed by atoms with E-state index in [0.717, 1.165) is 5.56 Å². The van der Waals surface area contributed by atoms with Gasteiger partial charge < -0.3 is 0 Å². The van der Waals surface area contributed by atoms with Crippen molar-refractivity contribution < 1.29 is 4.92 Å². The van der Waals surface area contributed by atoms with Crippen molar-refractivity contribution in [1.29, 1.82) is 0 Å². The molecule has 0 saturated carbocycles. The first-order chi connectivity index (χ1) is 10.5. The van der Waals surface area contributed by atoms with Gasteiger partial charge in [0, 0.05) is 25.4 Å². The highest BCUT2D eigenvalue weighted by Gasteiger charge is 2.13. The summed E-state index contributed by atoms with van der Waals surface area (Å²) < 4.78 is 1.56. The van der Waals surface area contributed by atoms with Crippen molar-refractivity contribution in [3.63, 3.8) is 0 Å². The third-order valence-corrected chi connectivity index (χ3v) is 3.23. The van der Waals surface area contributed by atoms with Gasteiger partial charge in [-0.25, -0.2) is 0 Å². The highest BCUT2D eigenvalue weighted by molar-refractivity contribution is 6.31. The highest BCUT2D eigenvalue weighted by Crippen LogP contribution is 2.22.